The van der Waals surface area contributed by atoms with Crippen LogP contribution in [0.5, 0.6) is 0 Å². The third-order valence-electron chi connectivity index (χ3n) is 2.22. The summed E-state index contributed by atoms with van der Waals surface area (Å²) in [5.74, 6) is -0.184. The summed E-state index contributed by atoms with van der Waals surface area (Å²) < 4.78 is 0. The monoisotopic (exact) mass is 198 g/mol. The SMILES string of the molecule is N#CC(Cc1cccnc1)c1ccn[nH]1. The van der Waals surface area contributed by atoms with E-state index in [0.29, 0.717) is 6.42 Å². The lowest BCUT2D eigenvalue weighted by molar-refractivity contribution is 0.800. The molecular formula is C11H10N4. The van der Waals surface area contributed by atoms with Gasteiger partial charge in [0.05, 0.1) is 17.7 Å². The summed E-state index contributed by atoms with van der Waals surface area (Å²) in [6.45, 7) is 0. The van der Waals surface area contributed by atoms with Crippen molar-refractivity contribution in [1.29, 1.82) is 5.26 Å². The molecule has 0 bridgehead atoms. The molecule has 74 valence electrons. The van der Waals surface area contributed by atoms with Crippen molar-refractivity contribution in [3.8, 4) is 6.07 Å². The van der Waals surface area contributed by atoms with Crippen molar-refractivity contribution >= 4 is 0 Å². The first-order valence-electron chi connectivity index (χ1n) is 4.68. The van der Waals surface area contributed by atoms with Gasteiger partial charge in [-0.05, 0) is 24.1 Å². The first kappa shape index (κ1) is 9.41. The molecule has 0 fully saturated rings. The number of nitrogens with zero attached hydrogens (tertiary/aromatic N) is 3. The molecule has 1 N–H and O–H groups in total. The van der Waals surface area contributed by atoms with Crippen LogP contribution in [0.4, 0.5) is 0 Å². The fourth-order valence-corrected chi connectivity index (χ4v) is 1.44. The fraction of sp³-hybridized carbons (Fsp3) is 0.182. The van der Waals surface area contributed by atoms with E-state index in [4.69, 9.17) is 5.26 Å². The second-order valence-electron chi connectivity index (χ2n) is 3.26. The fourth-order valence-electron chi connectivity index (χ4n) is 1.44. The molecule has 15 heavy (non-hydrogen) atoms. The van der Waals surface area contributed by atoms with Gasteiger partial charge in [0.25, 0.3) is 0 Å². The normalized spacial score (nSPS) is 11.9. The zero-order valence-electron chi connectivity index (χ0n) is 8.09. The van der Waals surface area contributed by atoms with Crippen LogP contribution in [0.1, 0.15) is 17.2 Å². The van der Waals surface area contributed by atoms with E-state index in [-0.39, 0.29) is 5.92 Å². The van der Waals surface area contributed by atoms with Gasteiger partial charge in [0, 0.05) is 18.6 Å². The molecule has 0 aromatic carbocycles. The van der Waals surface area contributed by atoms with Crippen LogP contribution in [0.25, 0.3) is 0 Å². The smallest absolute Gasteiger partial charge is 0.0919 e. The first-order valence-corrected chi connectivity index (χ1v) is 4.68. The molecular weight excluding hydrogens is 188 g/mol. The summed E-state index contributed by atoms with van der Waals surface area (Å²) in [6.07, 6.45) is 5.82. The quantitative estimate of drug-likeness (QED) is 0.815. The Bertz CT molecular complexity index is 441. The minimum atomic E-state index is -0.184. The van der Waals surface area contributed by atoms with Gasteiger partial charge in [-0.2, -0.15) is 10.4 Å². The zero-order chi connectivity index (χ0) is 10.5. The van der Waals surface area contributed by atoms with E-state index < -0.39 is 0 Å². The molecule has 1 unspecified atom stereocenters. The summed E-state index contributed by atoms with van der Waals surface area (Å²) in [6, 6.07) is 7.92. The maximum Gasteiger partial charge on any atom is 0.0919 e. The van der Waals surface area contributed by atoms with Gasteiger partial charge in [-0.15, -0.1) is 0 Å². The second-order valence-corrected chi connectivity index (χ2v) is 3.26. The maximum absolute atomic E-state index is 9.04. The number of aromatic amines is 1. The molecule has 4 heteroatoms. The van der Waals surface area contributed by atoms with Crippen LogP contribution < -0.4 is 0 Å². The number of nitrogens with one attached hydrogen (secondary N) is 1. The third kappa shape index (κ3) is 2.20. The highest BCUT2D eigenvalue weighted by Gasteiger charge is 2.12. The van der Waals surface area contributed by atoms with Crippen molar-refractivity contribution < 1.29 is 0 Å². The molecule has 0 spiro atoms. The van der Waals surface area contributed by atoms with Crippen LogP contribution in [0.15, 0.2) is 36.8 Å². The predicted molar refractivity (Wildman–Crippen MR) is 54.9 cm³/mol. The molecule has 1 atom stereocenters. The standard InChI is InChI=1S/C11H10N4/c12-7-10(11-3-5-14-15-11)6-9-2-1-4-13-8-9/h1-5,8,10H,6H2,(H,14,15). The average molecular weight is 198 g/mol. The minimum Gasteiger partial charge on any atom is -0.281 e. The van der Waals surface area contributed by atoms with Crippen LogP contribution in [0.2, 0.25) is 0 Å². The summed E-state index contributed by atoms with van der Waals surface area (Å²) >= 11 is 0. The number of pyridine rings is 1. The molecule has 2 aromatic heterocycles. The van der Waals surface area contributed by atoms with Gasteiger partial charge < -0.3 is 0 Å². The Morgan fingerprint density at radius 1 is 1.40 bits per heavy atom. The molecule has 0 aliphatic carbocycles. The zero-order valence-corrected chi connectivity index (χ0v) is 8.09. The van der Waals surface area contributed by atoms with E-state index in [1.54, 1.807) is 18.6 Å². The summed E-state index contributed by atoms with van der Waals surface area (Å²) in [5, 5.41) is 15.7. The van der Waals surface area contributed by atoms with Gasteiger partial charge in [-0.25, -0.2) is 0 Å². The highest BCUT2D eigenvalue weighted by molar-refractivity contribution is 5.21. The number of H-pyrrole nitrogens is 1. The largest absolute Gasteiger partial charge is 0.281 e. The molecule has 2 rings (SSSR count). The molecule has 0 amide bonds. The Morgan fingerprint density at radius 3 is 2.93 bits per heavy atom. The van der Waals surface area contributed by atoms with Crippen LogP contribution in [-0.4, -0.2) is 15.2 Å². The molecule has 2 heterocycles. The van der Waals surface area contributed by atoms with E-state index in [9.17, 15) is 0 Å². The molecule has 0 saturated heterocycles. The Hall–Kier alpha value is -2.15. The number of hydrogen-bond acceptors (Lipinski definition) is 3. The molecule has 0 saturated carbocycles. The lowest BCUT2D eigenvalue weighted by atomic mass is 9.99. The van der Waals surface area contributed by atoms with E-state index in [1.165, 1.54) is 0 Å². The van der Waals surface area contributed by atoms with Crippen molar-refractivity contribution in [2.75, 3.05) is 0 Å². The third-order valence-corrected chi connectivity index (χ3v) is 2.22. The van der Waals surface area contributed by atoms with Gasteiger partial charge in [-0.1, -0.05) is 6.07 Å². The topological polar surface area (TPSA) is 65.4 Å². The van der Waals surface area contributed by atoms with Crippen LogP contribution in [0, 0.1) is 11.3 Å². The Labute approximate surface area is 87.6 Å². The van der Waals surface area contributed by atoms with E-state index >= 15 is 0 Å². The van der Waals surface area contributed by atoms with Crippen molar-refractivity contribution in [3.63, 3.8) is 0 Å². The van der Waals surface area contributed by atoms with Gasteiger partial charge in [0.1, 0.15) is 0 Å². The van der Waals surface area contributed by atoms with Crippen molar-refractivity contribution in [3.05, 3.63) is 48.0 Å². The number of nitriles is 1. The van der Waals surface area contributed by atoms with Gasteiger partial charge in [0.2, 0.25) is 0 Å². The van der Waals surface area contributed by atoms with Crippen LogP contribution in [0.3, 0.4) is 0 Å². The van der Waals surface area contributed by atoms with Gasteiger partial charge in [0.15, 0.2) is 0 Å². The lowest BCUT2D eigenvalue weighted by Gasteiger charge is -2.05. The van der Waals surface area contributed by atoms with Crippen molar-refractivity contribution in [1.82, 2.24) is 15.2 Å². The number of hydrogen-bond donors (Lipinski definition) is 1. The summed E-state index contributed by atoms with van der Waals surface area (Å²) in [7, 11) is 0. The second kappa shape index (κ2) is 4.38. The van der Waals surface area contributed by atoms with E-state index in [0.717, 1.165) is 11.3 Å². The first-order chi connectivity index (χ1) is 7.40. The van der Waals surface area contributed by atoms with E-state index in [1.807, 2.05) is 18.2 Å². The van der Waals surface area contributed by atoms with Gasteiger partial charge in [-0.3, -0.25) is 10.1 Å². The van der Waals surface area contributed by atoms with Crippen molar-refractivity contribution in [2.24, 2.45) is 0 Å². The predicted octanol–water partition coefficient (Wildman–Crippen LogP) is 1.65. The highest BCUT2D eigenvalue weighted by Crippen LogP contribution is 2.16. The Morgan fingerprint density at radius 2 is 2.33 bits per heavy atom. The summed E-state index contributed by atoms with van der Waals surface area (Å²) in [4.78, 5) is 4.02. The van der Waals surface area contributed by atoms with Crippen LogP contribution in [-0.2, 0) is 6.42 Å². The lowest BCUT2D eigenvalue weighted by Crippen LogP contribution is -2.01. The van der Waals surface area contributed by atoms with Crippen molar-refractivity contribution in [2.45, 2.75) is 12.3 Å². The maximum atomic E-state index is 9.04. The average Bonchev–Trinajstić information content (AvgIpc) is 2.81. The van der Waals surface area contributed by atoms with Crippen LogP contribution >= 0.6 is 0 Å². The van der Waals surface area contributed by atoms with E-state index in [2.05, 4.69) is 21.3 Å². The molecule has 4 nitrogen and oxygen atoms in total. The van der Waals surface area contributed by atoms with Gasteiger partial charge >= 0.3 is 0 Å². The molecule has 0 radical (unpaired) electrons. The summed E-state index contributed by atoms with van der Waals surface area (Å²) in [5.41, 5.74) is 1.90. The highest BCUT2D eigenvalue weighted by atomic mass is 15.1. The Balaban J connectivity index is 2.14. The molecule has 2 aromatic rings. The Kier molecular flexibility index (Phi) is 2.75. The minimum absolute atomic E-state index is 0.184. The molecule has 0 aliphatic heterocycles. The number of aromatic nitrogens is 3. The number of rotatable bonds is 3. The molecule has 0 aliphatic rings.